The molecule has 0 amide bonds. The summed E-state index contributed by atoms with van der Waals surface area (Å²) in [5.74, 6) is -0.373. The van der Waals surface area contributed by atoms with Crippen molar-refractivity contribution in [3.63, 3.8) is 0 Å². The molecule has 0 heterocycles. The predicted octanol–water partition coefficient (Wildman–Crippen LogP) is 4.72. The molecule has 1 aromatic carbocycles. The Morgan fingerprint density at radius 1 is 1.38 bits per heavy atom. The van der Waals surface area contributed by atoms with E-state index in [1.165, 1.54) is 25.1 Å². The number of methoxy groups -OCH3 is 1. The first-order valence-electron chi connectivity index (χ1n) is 7.51. The Balaban J connectivity index is 2.45. The van der Waals surface area contributed by atoms with Crippen LogP contribution in [-0.2, 0) is 9.53 Å². The molecule has 0 spiro atoms. The Morgan fingerprint density at radius 2 is 2.08 bits per heavy atom. The van der Waals surface area contributed by atoms with Crippen molar-refractivity contribution < 1.29 is 19.1 Å². The lowest BCUT2D eigenvalue weighted by atomic mass is 9.98. The molecule has 0 unspecified atom stereocenters. The van der Waals surface area contributed by atoms with Crippen LogP contribution < -0.4 is 4.74 Å². The number of hydrogen-bond donors (Lipinski definition) is 0. The van der Waals surface area contributed by atoms with Crippen LogP contribution in [0.2, 0.25) is 5.02 Å². The van der Waals surface area contributed by atoms with E-state index in [-0.39, 0.29) is 28.0 Å². The van der Waals surface area contributed by atoms with Gasteiger partial charge < -0.3 is 9.47 Å². The molecule has 2 rings (SSSR count). The number of Topliss-reactive ketones (excluding diaryl/α,β-unsaturated/α-hetero) is 2. The van der Waals surface area contributed by atoms with E-state index in [1.807, 2.05) is 0 Å². The zero-order valence-corrected chi connectivity index (χ0v) is 15.8. The van der Waals surface area contributed by atoms with E-state index in [0.717, 1.165) is 12.8 Å². The molecule has 24 heavy (non-hydrogen) atoms. The number of allylic oxidation sites excluding steroid dienone is 1. The number of ketones is 2. The van der Waals surface area contributed by atoms with Crippen LogP contribution >= 0.6 is 35.0 Å². The lowest BCUT2D eigenvalue weighted by Gasteiger charge is -2.14. The molecule has 0 atom stereocenters. The second kappa shape index (κ2) is 8.79. The first-order chi connectivity index (χ1) is 11.5. The predicted molar refractivity (Wildman–Crippen MR) is 96.4 cm³/mol. The summed E-state index contributed by atoms with van der Waals surface area (Å²) in [6.07, 6.45) is 2.87. The standard InChI is InChI=1S/C17H18Cl2O4S/c1-3-23-8-12(14(20)10-4-5-10)15(21)11-6-7-13(19)17(24-9-18)16(11)22-2/h6-8,10H,3-5,9H2,1-2H3. The average Bonchev–Trinajstić information content (AvgIpc) is 3.41. The van der Waals surface area contributed by atoms with Gasteiger partial charge in [-0.2, -0.15) is 0 Å². The molecular weight excluding hydrogens is 371 g/mol. The summed E-state index contributed by atoms with van der Waals surface area (Å²) < 4.78 is 10.6. The molecule has 0 aliphatic heterocycles. The minimum Gasteiger partial charge on any atom is -0.501 e. The van der Waals surface area contributed by atoms with Crippen molar-refractivity contribution >= 4 is 46.5 Å². The van der Waals surface area contributed by atoms with E-state index in [0.29, 0.717) is 22.3 Å². The van der Waals surface area contributed by atoms with E-state index in [4.69, 9.17) is 32.7 Å². The van der Waals surface area contributed by atoms with Crippen LogP contribution in [-0.4, -0.2) is 30.5 Å². The number of carbonyl (C=O) groups excluding carboxylic acids is 2. The van der Waals surface area contributed by atoms with Gasteiger partial charge >= 0.3 is 0 Å². The quantitative estimate of drug-likeness (QED) is 0.116. The highest BCUT2D eigenvalue weighted by atomic mass is 35.5. The lowest BCUT2D eigenvalue weighted by molar-refractivity contribution is -0.116. The molecule has 0 N–H and O–H groups in total. The minimum atomic E-state index is -0.426. The molecule has 1 aliphatic carbocycles. The van der Waals surface area contributed by atoms with Gasteiger partial charge in [-0.25, -0.2) is 0 Å². The van der Waals surface area contributed by atoms with Gasteiger partial charge in [0.05, 0.1) is 40.7 Å². The first-order valence-corrected chi connectivity index (χ1v) is 9.40. The van der Waals surface area contributed by atoms with Gasteiger partial charge in [0.25, 0.3) is 0 Å². The van der Waals surface area contributed by atoms with Gasteiger partial charge in [0, 0.05) is 5.92 Å². The highest BCUT2D eigenvalue weighted by molar-refractivity contribution is 8.00. The van der Waals surface area contributed by atoms with Crippen molar-refractivity contribution in [2.45, 2.75) is 24.7 Å². The average molecular weight is 389 g/mol. The second-order valence-electron chi connectivity index (χ2n) is 5.17. The first kappa shape index (κ1) is 19.2. The summed E-state index contributed by atoms with van der Waals surface area (Å²) in [7, 11) is 1.45. The van der Waals surface area contributed by atoms with Crippen molar-refractivity contribution in [3.05, 3.63) is 34.6 Å². The van der Waals surface area contributed by atoms with Gasteiger partial charge in [-0.05, 0) is 31.9 Å². The third kappa shape index (κ3) is 4.26. The molecule has 0 saturated heterocycles. The van der Waals surface area contributed by atoms with Gasteiger partial charge in [0.2, 0.25) is 5.78 Å². The van der Waals surface area contributed by atoms with E-state index in [9.17, 15) is 9.59 Å². The number of benzene rings is 1. The SMILES string of the molecule is CCOC=C(C(=O)c1ccc(Cl)c(SCCl)c1OC)C(=O)C1CC1. The van der Waals surface area contributed by atoms with E-state index in [1.54, 1.807) is 19.1 Å². The molecule has 4 nitrogen and oxygen atoms in total. The van der Waals surface area contributed by atoms with E-state index < -0.39 is 5.78 Å². The number of thioether (sulfide) groups is 1. The Hall–Kier alpha value is -1.17. The van der Waals surface area contributed by atoms with E-state index in [2.05, 4.69) is 0 Å². The summed E-state index contributed by atoms with van der Waals surface area (Å²) in [6, 6.07) is 3.16. The zero-order chi connectivity index (χ0) is 17.7. The highest BCUT2D eigenvalue weighted by Crippen LogP contribution is 2.40. The topological polar surface area (TPSA) is 52.6 Å². The summed E-state index contributed by atoms with van der Waals surface area (Å²) in [5, 5.41) is 0.703. The lowest BCUT2D eigenvalue weighted by Crippen LogP contribution is -2.16. The summed E-state index contributed by atoms with van der Waals surface area (Å²) in [6.45, 7) is 2.16. The van der Waals surface area contributed by atoms with Crippen LogP contribution in [0.1, 0.15) is 30.1 Å². The van der Waals surface area contributed by atoms with Gasteiger partial charge in [-0.1, -0.05) is 11.6 Å². The fraction of sp³-hybridized carbons (Fsp3) is 0.412. The molecule has 7 heteroatoms. The minimum absolute atomic E-state index is 0.0433. The van der Waals surface area contributed by atoms with Crippen molar-refractivity contribution in [2.75, 3.05) is 18.9 Å². The smallest absolute Gasteiger partial charge is 0.203 e. The van der Waals surface area contributed by atoms with E-state index >= 15 is 0 Å². The fourth-order valence-corrected chi connectivity index (χ4v) is 3.49. The molecule has 130 valence electrons. The van der Waals surface area contributed by atoms with Gasteiger partial charge in [0.1, 0.15) is 11.3 Å². The highest BCUT2D eigenvalue weighted by Gasteiger charge is 2.36. The summed E-state index contributed by atoms with van der Waals surface area (Å²) in [4.78, 5) is 26.0. The van der Waals surface area contributed by atoms with Gasteiger partial charge in [-0.3, -0.25) is 9.59 Å². The number of alkyl halides is 1. The number of halogens is 2. The molecule has 1 fully saturated rings. The largest absolute Gasteiger partial charge is 0.501 e. The molecular formula is C17H18Cl2O4S. The van der Waals surface area contributed by atoms with Crippen molar-refractivity contribution in [1.29, 1.82) is 0 Å². The Kier molecular flexibility index (Phi) is 7.02. The van der Waals surface area contributed by atoms with Crippen LogP contribution in [0, 0.1) is 5.92 Å². The van der Waals surface area contributed by atoms with Crippen LogP contribution in [0.3, 0.4) is 0 Å². The molecule has 0 aromatic heterocycles. The molecule has 0 radical (unpaired) electrons. The fourth-order valence-electron chi connectivity index (χ4n) is 2.21. The van der Waals surface area contributed by atoms with Crippen molar-refractivity contribution in [2.24, 2.45) is 5.92 Å². The zero-order valence-electron chi connectivity index (χ0n) is 13.4. The molecule has 1 aliphatic rings. The van der Waals surface area contributed by atoms with Gasteiger partial charge in [0.15, 0.2) is 5.78 Å². The van der Waals surface area contributed by atoms with Crippen LogP contribution in [0.25, 0.3) is 0 Å². The monoisotopic (exact) mass is 388 g/mol. The number of hydrogen-bond acceptors (Lipinski definition) is 5. The number of ether oxygens (including phenoxy) is 2. The van der Waals surface area contributed by atoms with Crippen LogP contribution in [0.4, 0.5) is 0 Å². The number of carbonyl (C=O) groups is 2. The second-order valence-corrected chi connectivity index (χ2v) is 7.14. The number of rotatable bonds is 9. The summed E-state index contributed by atoms with van der Waals surface area (Å²) >= 11 is 13.2. The molecule has 1 saturated carbocycles. The normalized spacial score (nSPS) is 14.4. The van der Waals surface area contributed by atoms with Crippen molar-refractivity contribution in [3.8, 4) is 5.75 Å². The maximum Gasteiger partial charge on any atom is 0.203 e. The Labute approximate surface area is 155 Å². The van der Waals surface area contributed by atoms with Gasteiger partial charge in [-0.15, -0.1) is 23.4 Å². The van der Waals surface area contributed by atoms with Crippen LogP contribution in [0.15, 0.2) is 28.9 Å². The third-order valence-electron chi connectivity index (χ3n) is 3.54. The third-order valence-corrected chi connectivity index (χ3v) is 5.10. The molecule has 0 bridgehead atoms. The molecule has 1 aromatic rings. The van der Waals surface area contributed by atoms with Crippen molar-refractivity contribution in [1.82, 2.24) is 0 Å². The Morgan fingerprint density at radius 3 is 2.62 bits per heavy atom. The maximum absolute atomic E-state index is 12.9. The Bertz CT molecular complexity index is 669. The van der Waals surface area contributed by atoms with Crippen LogP contribution in [0.5, 0.6) is 5.75 Å². The maximum atomic E-state index is 12.9. The summed E-state index contributed by atoms with van der Waals surface area (Å²) in [5.41, 5.74) is 0.316.